The number of nitrogens with two attached hydrogens (primary N) is 1. The lowest BCUT2D eigenvalue weighted by Crippen LogP contribution is -2.12. The molecular weight excluding hydrogens is 254 g/mol. The molecule has 0 saturated heterocycles. The Morgan fingerprint density at radius 1 is 1.56 bits per heavy atom. The Balaban J connectivity index is 1.91. The zero-order valence-corrected chi connectivity index (χ0v) is 10.9. The minimum Gasteiger partial charge on any atom is -0.481 e. The van der Waals surface area contributed by atoms with E-state index in [1.54, 1.807) is 0 Å². The quantitative estimate of drug-likeness (QED) is 0.644. The fraction of sp³-hybridized carbons (Fsp3) is 0.727. The predicted octanol–water partition coefficient (Wildman–Crippen LogP) is 1.19. The Morgan fingerprint density at radius 2 is 2.28 bits per heavy atom. The maximum absolute atomic E-state index is 10.4. The SMILES string of the molecule is N[C@@H](CCC(=O)O)c1nnc(CC2(CS)CC2)o1. The van der Waals surface area contributed by atoms with E-state index in [4.69, 9.17) is 15.3 Å². The second-order valence-electron chi connectivity index (χ2n) is 4.91. The predicted molar refractivity (Wildman–Crippen MR) is 67.3 cm³/mol. The zero-order chi connectivity index (χ0) is 13.2. The first-order valence-corrected chi connectivity index (χ1v) is 6.58. The van der Waals surface area contributed by atoms with Crippen molar-refractivity contribution in [2.24, 2.45) is 11.1 Å². The molecule has 0 radical (unpaired) electrons. The van der Waals surface area contributed by atoms with Gasteiger partial charge in [-0.25, -0.2) is 0 Å². The molecule has 3 N–H and O–H groups in total. The number of hydrogen-bond acceptors (Lipinski definition) is 6. The molecule has 0 spiro atoms. The van der Waals surface area contributed by atoms with Crippen LogP contribution in [-0.4, -0.2) is 27.0 Å². The van der Waals surface area contributed by atoms with Crippen molar-refractivity contribution < 1.29 is 14.3 Å². The lowest BCUT2D eigenvalue weighted by Gasteiger charge is -2.07. The maximum atomic E-state index is 10.4. The van der Waals surface area contributed by atoms with Crippen LogP contribution in [0.2, 0.25) is 0 Å². The summed E-state index contributed by atoms with van der Waals surface area (Å²) in [5.74, 6) is 0.830. The van der Waals surface area contributed by atoms with Crippen LogP contribution in [0.25, 0.3) is 0 Å². The largest absolute Gasteiger partial charge is 0.481 e. The average molecular weight is 271 g/mol. The molecule has 18 heavy (non-hydrogen) atoms. The van der Waals surface area contributed by atoms with Crippen LogP contribution >= 0.6 is 12.6 Å². The fourth-order valence-corrected chi connectivity index (χ4v) is 2.21. The summed E-state index contributed by atoms with van der Waals surface area (Å²) in [6.07, 6.45) is 3.31. The average Bonchev–Trinajstić information content (AvgIpc) is 2.95. The molecule has 1 aromatic rings. The Bertz CT molecular complexity index is 431. The molecule has 1 heterocycles. The third-order valence-electron chi connectivity index (χ3n) is 3.29. The number of aromatic nitrogens is 2. The highest BCUT2D eigenvalue weighted by atomic mass is 32.1. The van der Waals surface area contributed by atoms with E-state index in [9.17, 15) is 4.79 Å². The molecule has 0 amide bonds. The monoisotopic (exact) mass is 271 g/mol. The van der Waals surface area contributed by atoms with Crippen LogP contribution in [-0.2, 0) is 11.2 Å². The van der Waals surface area contributed by atoms with Crippen LogP contribution in [0.4, 0.5) is 0 Å². The molecule has 1 aliphatic rings. The Morgan fingerprint density at radius 3 is 2.83 bits per heavy atom. The summed E-state index contributed by atoms with van der Waals surface area (Å²) in [7, 11) is 0. The summed E-state index contributed by atoms with van der Waals surface area (Å²) in [5.41, 5.74) is 6.01. The van der Waals surface area contributed by atoms with Gasteiger partial charge in [-0.3, -0.25) is 4.79 Å². The number of carbonyl (C=O) groups is 1. The van der Waals surface area contributed by atoms with Crippen molar-refractivity contribution in [1.82, 2.24) is 10.2 Å². The van der Waals surface area contributed by atoms with Crippen molar-refractivity contribution in [1.29, 1.82) is 0 Å². The van der Waals surface area contributed by atoms with E-state index in [1.165, 1.54) is 0 Å². The molecule has 0 bridgehead atoms. The molecular formula is C11H17N3O3S. The number of nitrogens with zero attached hydrogens (tertiary/aromatic N) is 2. The molecule has 1 aromatic heterocycles. The van der Waals surface area contributed by atoms with Gasteiger partial charge in [-0.1, -0.05) is 0 Å². The normalized spacial score (nSPS) is 18.6. The number of carboxylic acids is 1. The van der Waals surface area contributed by atoms with Gasteiger partial charge in [0, 0.05) is 12.8 Å². The second kappa shape index (κ2) is 5.27. The van der Waals surface area contributed by atoms with Crippen molar-refractivity contribution in [3.63, 3.8) is 0 Å². The first-order chi connectivity index (χ1) is 8.54. The van der Waals surface area contributed by atoms with Crippen molar-refractivity contribution in [3.8, 4) is 0 Å². The molecule has 0 aromatic carbocycles. The molecule has 2 rings (SSSR count). The van der Waals surface area contributed by atoms with Gasteiger partial charge in [-0.2, -0.15) is 12.6 Å². The van der Waals surface area contributed by atoms with Gasteiger partial charge in [-0.05, 0) is 30.4 Å². The van der Waals surface area contributed by atoms with Crippen molar-refractivity contribution in [3.05, 3.63) is 11.8 Å². The van der Waals surface area contributed by atoms with Crippen LogP contribution in [0.1, 0.15) is 43.5 Å². The fourth-order valence-electron chi connectivity index (χ4n) is 1.78. The van der Waals surface area contributed by atoms with Crippen molar-refractivity contribution in [2.75, 3.05) is 5.75 Å². The third-order valence-corrected chi connectivity index (χ3v) is 3.96. The number of carboxylic acid groups (broad SMARTS) is 1. The highest BCUT2D eigenvalue weighted by Gasteiger charge is 2.42. The Labute approximate surface area is 110 Å². The van der Waals surface area contributed by atoms with Gasteiger partial charge < -0.3 is 15.3 Å². The highest BCUT2D eigenvalue weighted by molar-refractivity contribution is 7.80. The van der Waals surface area contributed by atoms with Crippen molar-refractivity contribution >= 4 is 18.6 Å². The van der Waals surface area contributed by atoms with Crippen LogP contribution in [0.15, 0.2) is 4.42 Å². The zero-order valence-electron chi connectivity index (χ0n) is 10.0. The summed E-state index contributed by atoms with van der Waals surface area (Å²) in [6.45, 7) is 0. The maximum Gasteiger partial charge on any atom is 0.303 e. The van der Waals surface area contributed by atoms with Gasteiger partial charge in [0.05, 0.1) is 6.04 Å². The molecule has 0 unspecified atom stereocenters. The van der Waals surface area contributed by atoms with Gasteiger partial charge in [-0.15, -0.1) is 10.2 Å². The molecule has 100 valence electrons. The number of rotatable bonds is 7. The van der Waals surface area contributed by atoms with E-state index >= 15 is 0 Å². The standard InChI is InChI=1S/C11H17N3O3S/c12-7(1-2-9(15)16)10-14-13-8(17-10)5-11(6-18)3-4-11/h7,18H,1-6,12H2,(H,15,16)/t7-/m0/s1. The summed E-state index contributed by atoms with van der Waals surface area (Å²) in [5, 5.41) is 16.4. The number of thiol groups is 1. The lowest BCUT2D eigenvalue weighted by atomic mass is 10.1. The molecule has 1 saturated carbocycles. The topological polar surface area (TPSA) is 102 Å². The highest BCUT2D eigenvalue weighted by Crippen LogP contribution is 2.48. The molecule has 7 heteroatoms. The van der Waals surface area contributed by atoms with Crippen LogP contribution in [0.3, 0.4) is 0 Å². The summed E-state index contributed by atoms with van der Waals surface area (Å²) in [4.78, 5) is 10.4. The van der Waals surface area contributed by atoms with Gasteiger partial charge in [0.25, 0.3) is 0 Å². The third kappa shape index (κ3) is 3.23. The van der Waals surface area contributed by atoms with Gasteiger partial charge in [0.1, 0.15) is 0 Å². The molecule has 0 aliphatic heterocycles. The number of hydrogen-bond donors (Lipinski definition) is 3. The van der Waals surface area contributed by atoms with E-state index in [0.29, 0.717) is 18.2 Å². The van der Waals surface area contributed by atoms with Gasteiger partial charge in [0.2, 0.25) is 11.8 Å². The van der Waals surface area contributed by atoms with E-state index in [2.05, 4.69) is 22.8 Å². The first-order valence-electron chi connectivity index (χ1n) is 5.95. The minimum absolute atomic E-state index is 0.000538. The van der Waals surface area contributed by atoms with E-state index in [-0.39, 0.29) is 11.8 Å². The van der Waals surface area contributed by atoms with E-state index < -0.39 is 12.0 Å². The summed E-state index contributed by atoms with van der Waals surface area (Å²) in [6, 6.07) is -0.506. The minimum atomic E-state index is -0.878. The van der Waals surface area contributed by atoms with Crippen molar-refractivity contribution in [2.45, 2.75) is 38.1 Å². The second-order valence-corrected chi connectivity index (χ2v) is 5.22. The first kappa shape index (κ1) is 13.4. The molecule has 6 nitrogen and oxygen atoms in total. The van der Waals surface area contributed by atoms with Gasteiger partial charge in [0.15, 0.2) is 0 Å². The smallest absolute Gasteiger partial charge is 0.303 e. The molecule has 1 fully saturated rings. The lowest BCUT2D eigenvalue weighted by molar-refractivity contribution is -0.137. The Kier molecular flexibility index (Phi) is 3.91. The summed E-state index contributed by atoms with van der Waals surface area (Å²) >= 11 is 4.32. The number of aliphatic carboxylic acids is 1. The Hall–Kier alpha value is -1.08. The summed E-state index contributed by atoms with van der Waals surface area (Å²) < 4.78 is 5.48. The molecule has 1 aliphatic carbocycles. The van der Waals surface area contributed by atoms with Crippen LogP contribution in [0, 0.1) is 5.41 Å². The van der Waals surface area contributed by atoms with E-state index in [1.807, 2.05) is 0 Å². The van der Waals surface area contributed by atoms with Crippen LogP contribution < -0.4 is 5.73 Å². The van der Waals surface area contributed by atoms with E-state index in [0.717, 1.165) is 25.0 Å². The van der Waals surface area contributed by atoms with Gasteiger partial charge >= 0.3 is 5.97 Å². The molecule has 1 atom stereocenters. The van der Waals surface area contributed by atoms with Crippen LogP contribution in [0.5, 0.6) is 0 Å².